The number of hydrogen-bond acceptors (Lipinski definition) is 4. The lowest BCUT2D eigenvalue weighted by Gasteiger charge is -2.32. The van der Waals surface area contributed by atoms with Crippen LogP contribution in [-0.4, -0.2) is 41.8 Å². The summed E-state index contributed by atoms with van der Waals surface area (Å²) in [5.74, 6) is -1.33. The normalized spacial score (nSPS) is 27.2. The van der Waals surface area contributed by atoms with E-state index >= 15 is 0 Å². The molecule has 2 amide bonds. The highest BCUT2D eigenvalue weighted by atomic mass is 16.5. The summed E-state index contributed by atoms with van der Waals surface area (Å²) in [6.07, 6.45) is 3.41. The van der Waals surface area contributed by atoms with Crippen molar-refractivity contribution < 1.29 is 24.2 Å². The van der Waals surface area contributed by atoms with Crippen molar-refractivity contribution in [2.24, 2.45) is 11.3 Å². The Morgan fingerprint density at radius 2 is 1.63 bits per heavy atom. The number of hydrogen-bond donors (Lipinski definition) is 3. The molecule has 2 fully saturated rings. The zero-order chi connectivity index (χ0) is 24.6. The highest BCUT2D eigenvalue weighted by molar-refractivity contribution is 5.85. The summed E-state index contributed by atoms with van der Waals surface area (Å²) in [6.45, 7) is 2.11. The second-order valence-corrected chi connectivity index (χ2v) is 10.4. The molecular formula is C28H32N2O5. The second kappa shape index (κ2) is 9.36. The molecule has 0 radical (unpaired) electrons. The third-order valence-corrected chi connectivity index (χ3v) is 8.23. The van der Waals surface area contributed by atoms with Gasteiger partial charge in [0.05, 0.1) is 11.3 Å². The zero-order valence-corrected chi connectivity index (χ0v) is 20.0. The van der Waals surface area contributed by atoms with Crippen LogP contribution in [0.1, 0.15) is 62.5 Å². The number of aliphatic carboxylic acids is 1. The number of rotatable bonds is 6. The van der Waals surface area contributed by atoms with Crippen LogP contribution in [0.25, 0.3) is 11.1 Å². The van der Waals surface area contributed by atoms with Crippen molar-refractivity contribution >= 4 is 18.0 Å². The van der Waals surface area contributed by atoms with Gasteiger partial charge >= 0.3 is 12.1 Å². The monoisotopic (exact) mass is 476 g/mol. The molecule has 3 N–H and O–H groups in total. The molecule has 0 aliphatic heterocycles. The van der Waals surface area contributed by atoms with Crippen LogP contribution < -0.4 is 10.6 Å². The van der Waals surface area contributed by atoms with Gasteiger partial charge in [-0.2, -0.15) is 0 Å². The summed E-state index contributed by atoms with van der Waals surface area (Å²) in [5, 5.41) is 15.2. The Morgan fingerprint density at radius 1 is 0.971 bits per heavy atom. The number of amides is 2. The van der Waals surface area contributed by atoms with Crippen molar-refractivity contribution in [2.75, 3.05) is 6.61 Å². The molecule has 7 heteroatoms. The number of carboxylic acid groups (broad SMARTS) is 1. The summed E-state index contributed by atoms with van der Waals surface area (Å²) in [6, 6.07) is 15.9. The largest absolute Gasteiger partial charge is 0.481 e. The van der Waals surface area contributed by atoms with Crippen LogP contribution in [0.2, 0.25) is 0 Å². The molecule has 4 atom stereocenters. The van der Waals surface area contributed by atoms with Gasteiger partial charge in [-0.1, -0.05) is 55.0 Å². The maximum atomic E-state index is 13.2. The second-order valence-electron chi connectivity index (χ2n) is 10.4. The highest BCUT2D eigenvalue weighted by Crippen LogP contribution is 2.44. The van der Waals surface area contributed by atoms with Gasteiger partial charge in [0.15, 0.2) is 0 Å². The molecule has 0 bridgehead atoms. The fourth-order valence-electron chi connectivity index (χ4n) is 6.14. The van der Waals surface area contributed by atoms with Crippen LogP contribution >= 0.6 is 0 Å². The van der Waals surface area contributed by atoms with Gasteiger partial charge in [0, 0.05) is 18.0 Å². The number of nitrogens with one attached hydrogen (secondary N) is 2. The lowest BCUT2D eigenvalue weighted by Crippen LogP contribution is -2.53. The molecule has 0 spiro atoms. The molecule has 2 aromatic rings. The average Bonchev–Trinajstić information content (AvgIpc) is 3.55. The fraction of sp³-hybridized carbons (Fsp3) is 0.464. The van der Waals surface area contributed by atoms with Gasteiger partial charge in [-0.15, -0.1) is 0 Å². The van der Waals surface area contributed by atoms with Crippen molar-refractivity contribution in [2.45, 2.75) is 63.5 Å². The van der Waals surface area contributed by atoms with E-state index < -0.39 is 23.4 Å². The standard InChI is InChI=1S/C28H32N2O5/c1-28(26(33)29-18-13-12-17(15-18)25(31)32)14-6-11-24(28)30-27(34)35-16-23-21-9-4-2-7-19(21)20-8-3-5-10-22(20)23/h2-5,7-10,17-18,23-24H,6,11-16H2,1H3,(H,29,33)(H,30,34)(H,31,32). The van der Waals surface area contributed by atoms with E-state index in [1.165, 1.54) is 11.1 Å². The Labute approximate surface area is 205 Å². The molecular weight excluding hydrogens is 444 g/mol. The minimum Gasteiger partial charge on any atom is -0.481 e. The highest BCUT2D eigenvalue weighted by Gasteiger charge is 2.47. The lowest BCUT2D eigenvalue weighted by atomic mass is 9.83. The molecule has 5 rings (SSSR count). The first kappa shape index (κ1) is 23.4. The van der Waals surface area contributed by atoms with Gasteiger partial charge < -0.3 is 20.5 Å². The summed E-state index contributed by atoms with van der Waals surface area (Å²) >= 11 is 0. The number of fused-ring (bicyclic) bond motifs is 3. The van der Waals surface area contributed by atoms with Gasteiger partial charge in [0.2, 0.25) is 5.91 Å². The van der Waals surface area contributed by atoms with E-state index in [9.17, 15) is 19.5 Å². The maximum Gasteiger partial charge on any atom is 0.407 e. The molecule has 2 aromatic carbocycles. The first-order chi connectivity index (χ1) is 16.9. The predicted molar refractivity (Wildman–Crippen MR) is 131 cm³/mol. The molecule has 0 heterocycles. The Hall–Kier alpha value is -3.35. The van der Waals surface area contributed by atoms with Crippen LogP contribution in [-0.2, 0) is 14.3 Å². The molecule has 2 saturated carbocycles. The van der Waals surface area contributed by atoms with E-state index in [2.05, 4.69) is 34.9 Å². The third kappa shape index (κ3) is 4.40. The molecule has 3 aliphatic carbocycles. The Balaban J connectivity index is 1.20. The van der Waals surface area contributed by atoms with Crippen molar-refractivity contribution in [3.05, 3.63) is 59.7 Å². The number of ether oxygens (including phenoxy) is 1. The van der Waals surface area contributed by atoms with Crippen LogP contribution in [0.3, 0.4) is 0 Å². The van der Waals surface area contributed by atoms with Crippen molar-refractivity contribution in [3.8, 4) is 11.1 Å². The first-order valence-electron chi connectivity index (χ1n) is 12.5. The van der Waals surface area contributed by atoms with Crippen molar-refractivity contribution in [1.29, 1.82) is 0 Å². The lowest BCUT2D eigenvalue weighted by molar-refractivity contribution is -0.141. The average molecular weight is 477 g/mol. The smallest absolute Gasteiger partial charge is 0.407 e. The van der Waals surface area contributed by atoms with Gasteiger partial charge in [0.25, 0.3) is 0 Å². The molecule has 35 heavy (non-hydrogen) atoms. The summed E-state index contributed by atoms with van der Waals surface area (Å²) in [7, 11) is 0. The minimum absolute atomic E-state index is 0.0176. The van der Waals surface area contributed by atoms with Crippen LogP contribution in [0.5, 0.6) is 0 Å². The van der Waals surface area contributed by atoms with Crippen LogP contribution in [0.15, 0.2) is 48.5 Å². The van der Waals surface area contributed by atoms with Crippen LogP contribution in [0.4, 0.5) is 4.79 Å². The molecule has 0 aromatic heterocycles. The fourth-order valence-corrected chi connectivity index (χ4v) is 6.14. The maximum absolute atomic E-state index is 13.2. The van der Waals surface area contributed by atoms with Crippen LogP contribution in [0, 0.1) is 11.3 Å². The van der Waals surface area contributed by atoms with E-state index in [0.717, 1.165) is 17.5 Å². The SMILES string of the molecule is CC1(C(=O)NC2CCC(C(=O)O)C2)CCCC1NC(=O)OCC1c2ccccc2-c2ccccc21. The van der Waals surface area contributed by atoms with E-state index in [0.29, 0.717) is 32.1 Å². The van der Waals surface area contributed by atoms with E-state index in [4.69, 9.17) is 4.74 Å². The molecule has 0 saturated heterocycles. The predicted octanol–water partition coefficient (Wildman–Crippen LogP) is 4.45. The molecule has 7 nitrogen and oxygen atoms in total. The van der Waals surface area contributed by atoms with Gasteiger partial charge in [-0.3, -0.25) is 9.59 Å². The Morgan fingerprint density at radius 3 is 2.26 bits per heavy atom. The minimum atomic E-state index is -0.802. The van der Waals surface area contributed by atoms with E-state index in [1.807, 2.05) is 31.2 Å². The van der Waals surface area contributed by atoms with E-state index in [1.54, 1.807) is 0 Å². The molecule has 4 unspecified atom stereocenters. The Bertz CT molecular complexity index is 1100. The third-order valence-electron chi connectivity index (χ3n) is 8.23. The van der Waals surface area contributed by atoms with Gasteiger partial charge in [0.1, 0.15) is 6.61 Å². The topological polar surface area (TPSA) is 105 Å². The molecule has 3 aliphatic rings. The van der Waals surface area contributed by atoms with Crippen molar-refractivity contribution in [1.82, 2.24) is 10.6 Å². The number of carboxylic acids is 1. The number of carbonyl (C=O) groups excluding carboxylic acids is 2. The number of alkyl carbamates (subject to hydrolysis) is 1. The number of benzene rings is 2. The van der Waals surface area contributed by atoms with Gasteiger partial charge in [-0.05, 0) is 61.3 Å². The van der Waals surface area contributed by atoms with Gasteiger partial charge in [-0.25, -0.2) is 4.79 Å². The first-order valence-corrected chi connectivity index (χ1v) is 12.5. The summed E-state index contributed by atoms with van der Waals surface area (Å²) in [4.78, 5) is 37.2. The summed E-state index contributed by atoms with van der Waals surface area (Å²) in [5.41, 5.74) is 3.92. The quantitative estimate of drug-likeness (QED) is 0.571. The zero-order valence-electron chi connectivity index (χ0n) is 20.0. The van der Waals surface area contributed by atoms with Crippen molar-refractivity contribution in [3.63, 3.8) is 0 Å². The Kier molecular flexibility index (Phi) is 6.26. The molecule has 184 valence electrons. The number of carbonyl (C=O) groups is 3. The van der Waals surface area contributed by atoms with E-state index in [-0.39, 0.29) is 30.5 Å². The summed E-state index contributed by atoms with van der Waals surface area (Å²) < 4.78 is 5.70.